The highest BCUT2D eigenvalue weighted by molar-refractivity contribution is 7.98. The van der Waals surface area contributed by atoms with E-state index in [4.69, 9.17) is 16.3 Å². The van der Waals surface area contributed by atoms with Gasteiger partial charge in [-0.25, -0.2) is 9.78 Å². The number of alkyl halides is 2. The van der Waals surface area contributed by atoms with Gasteiger partial charge in [-0.15, -0.1) is 11.8 Å². The van der Waals surface area contributed by atoms with Gasteiger partial charge in [-0.1, -0.05) is 17.7 Å². The Morgan fingerprint density at radius 2 is 1.93 bits per heavy atom. The zero-order valence-electron chi connectivity index (χ0n) is 14.1. The highest BCUT2D eigenvalue weighted by atomic mass is 35.5. The molecule has 0 aliphatic rings. The lowest BCUT2D eigenvalue weighted by Gasteiger charge is -2.09. The number of nitrogens with zero attached hydrogens (tertiary/aromatic N) is 1. The number of esters is 1. The van der Waals surface area contributed by atoms with Crippen LogP contribution in [0.4, 0.5) is 8.78 Å². The van der Waals surface area contributed by atoms with Crippen molar-refractivity contribution in [2.45, 2.75) is 18.1 Å². The molecular weight excluding hydrogens is 396 g/mol. The van der Waals surface area contributed by atoms with Gasteiger partial charge >= 0.3 is 12.6 Å². The number of halogens is 3. The molecule has 3 rings (SSSR count). The molecule has 0 atom stereocenters. The van der Waals surface area contributed by atoms with Crippen LogP contribution in [0.5, 0.6) is 5.75 Å². The number of pyridine rings is 1. The van der Waals surface area contributed by atoms with Crippen LogP contribution >= 0.6 is 23.4 Å². The zero-order chi connectivity index (χ0) is 19.4. The van der Waals surface area contributed by atoms with E-state index in [-0.39, 0.29) is 23.1 Å². The van der Waals surface area contributed by atoms with Crippen LogP contribution in [-0.2, 0) is 11.3 Å². The van der Waals surface area contributed by atoms with Gasteiger partial charge in [0.1, 0.15) is 17.5 Å². The van der Waals surface area contributed by atoms with E-state index in [2.05, 4.69) is 9.72 Å². The summed E-state index contributed by atoms with van der Waals surface area (Å²) in [7, 11) is 0. The average molecular weight is 410 g/mol. The summed E-state index contributed by atoms with van der Waals surface area (Å²) < 4.78 is 33.8. The number of carbonyl (C=O) groups is 1. The minimum absolute atomic E-state index is 0.0343. The van der Waals surface area contributed by atoms with Crippen LogP contribution in [0.1, 0.15) is 15.9 Å². The van der Waals surface area contributed by atoms with E-state index < -0.39 is 12.6 Å². The van der Waals surface area contributed by atoms with Crippen LogP contribution in [0.2, 0.25) is 5.15 Å². The van der Waals surface area contributed by atoms with Crippen molar-refractivity contribution in [2.24, 2.45) is 0 Å². The average Bonchev–Trinajstić information content (AvgIpc) is 2.65. The molecule has 0 saturated carbocycles. The lowest BCUT2D eigenvalue weighted by molar-refractivity contribution is -0.0498. The van der Waals surface area contributed by atoms with Gasteiger partial charge in [0.15, 0.2) is 0 Å². The van der Waals surface area contributed by atoms with E-state index in [0.717, 1.165) is 15.8 Å². The van der Waals surface area contributed by atoms with Gasteiger partial charge in [0.2, 0.25) is 0 Å². The molecule has 3 aromatic rings. The fraction of sp³-hybridized carbons (Fsp3) is 0.158. The van der Waals surface area contributed by atoms with Crippen molar-refractivity contribution in [1.29, 1.82) is 0 Å². The van der Waals surface area contributed by atoms with Crippen LogP contribution in [-0.4, -0.2) is 23.8 Å². The molecule has 0 spiro atoms. The van der Waals surface area contributed by atoms with Crippen molar-refractivity contribution in [3.8, 4) is 5.75 Å². The van der Waals surface area contributed by atoms with Crippen molar-refractivity contribution in [3.05, 3.63) is 64.8 Å². The zero-order valence-corrected chi connectivity index (χ0v) is 15.7. The van der Waals surface area contributed by atoms with Gasteiger partial charge in [-0.05, 0) is 48.7 Å². The maximum absolute atomic E-state index is 12.1. The molecule has 0 bridgehead atoms. The number of fused-ring (bicyclic) bond motifs is 1. The van der Waals surface area contributed by atoms with Crippen molar-refractivity contribution < 1.29 is 23.0 Å². The van der Waals surface area contributed by atoms with Gasteiger partial charge < -0.3 is 9.47 Å². The molecule has 0 fully saturated rings. The molecule has 2 aromatic carbocycles. The minimum Gasteiger partial charge on any atom is -0.457 e. The SMILES string of the molecule is CSc1ccc2cc(COC(=O)c3ccc(OC(F)F)cc3)c(Cl)nc2c1. The van der Waals surface area contributed by atoms with Crippen LogP contribution in [0.25, 0.3) is 10.9 Å². The number of hydrogen-bond donors (Lipinski definition) is 0. The molecule has 0 aliphatic carbocycles. The lowest BCUT2D eigenvalue weighted by atomic mass is 10.1. The van der Waals surface area contributed by atoms with Gasteiger partial charge in [-0.3, -0.25) is 0 Å². The predicted octanol–water partition coefficient (Wildman–Crippen LogP) is 5.57. The largest absolute Gasteiger partial charge is 0.457 e. The first-order chi connectivity index (χ1) is 13.0. The standard InChI is InChI=1S/C19H14ClF2NO3S/c1-27-15-7-4-12-8-13(17(20)23-16(12)9-15)10-25-18(24)11-2-5-14(6-3-11)26-19(21)22/h2-9,19H,10H2,1H3. The fourth-order valence-corrected chi connectivity index (χ4v) is 3.03. The summed E-state index contributed by atoms with van der Waals surface area (Å²) in [5.74, 6) is -0.638. The summed E-state index contributed by atoms with van der Waals surface area (Å²) in [5.41, 5.74) is 1.55. The maximum atomic E-state index is 12.1. The second kappa shape index (κ2) is 8.54. The second-order valence-electron chi connectivity index (χ2n) is 5.48. The number of carbonyl (C=O) groups excluding carboxylic acids is 1. The molecule has 0 radical (unpaired) electrons. The Morgan fingerprint density at radius 3 is 2.59 bits per heavy atom. The summed E-state index contributed by atoms with van der Waals surface area (Å²) in [6.45, 7) is -2.97. The molecule has 140 valence electrons. The van der Waals surface area contributed by atoms with E-state index in [1.165, 1.54) is 24.3 Å². The first-order valence-corrected chi connectivity index (χ1v) is 9.41. The van der Waals surface area contributed by atoms with Crippen LogP contribution in [0.3, 0.4) is 0 Å². The van der Waals surface area contributed by atoms with Gasteiger partial charge in [0, 0.05) is 15.8 Å². The molecule has 0 saturated heterocycles. The highest BCUT2D eigenvalue weighted by Crippen LogP contribution is 2.25. The third-order valence-electron chi connectivity index (χ3n) is 3.72. The number of hydrogen-bond acceptors (Lipinski definition) is 5. The van der Waals surface area contributed by atoms with E-state index >= 15 is 0 Å². The highest BCUT2D eigenvalue weighted by Gasteiger charge is 2.12. The summed E-state index contributed by atoms with van der Waals surface area (Å²) in [6, 6.07) is 12.9. The molecular formula is C19H14ClF2NO3S. The Labute approximate surface area is 163 Å². The van der Waals surface area contributed by atoms with Crippen molar-refractivity contribution in [1.82, 2.24) is 4.98 Å². The monoisotopic (exact) mass is 409 g/mol. The normalized spacial score (nSPS) is 11.0. The molecule has 1 heterocycles. The molecule has 27 heavy (non-hydrogen) atoms. The Morgan fingerprint density at radius 1 is 1.19 bits per heavy atom. The second-order valence-corrected chi connectivity index (χ2v) is 6.71. The van der Waals surface area contributed by atoms with Crippen LogP contribution in [0, 0.1) is 0 Å². The van der Waals surface area contributed by atoms with Gasteiger partial charge in [0.25, 0.3) is 0 Å². The molecule has 8 heteroatoms. The molecule has 0 aliphatic heterocycles. The third kappa shape index (κ3) is 4.87. The number of ether oxygens (including phenoxy) is 2. The number of aromatic nitrogens is 1. The summed E-state index contributed by atoms with van der Waals surface area (Å²) in [5, 5.41) is 1.14. The Bertz CT molecular complexity index is 967. The van der Waals surface area contributed by atoms with Gasteiger partial charge in [-0.2, -0.15) is 8.78 Å². The first kappa shape index (κ1) is 19.4. The third-order valence-corrected chi connectivity index (χ3v) is 4.78. The number of thioether (sulfide) groups is 1. The minimum atomic E-state index is -2.92. The van der Waals surface area contributed by atoms with E-state index in [9.17, 15) is 13.6 Å². The van der Waals surface area contributed by atoms with Crippen LogP contribution in [0.15, 0.2) is 53.4 Å². The first-order valence-electron chi connectivity index (χ1n) is 7.81. The Balaban J connectivity index is 1.70. The summed E-state index contributed by atoms with van der Waals surface area (Å²) in [6.07, 6.45) is 1.97. The smallest absolute Gasteiger partial charge is 0.387 e. The van der Waals surface area contributed by atoms with Gasteiger partial charge in [0.05, 0.1) is 11.1 Å². The molecule has 0 unspecified atom stereocenters. The van der Waals surface area contributed by atoms with E-state index in [1.807, 2.05) is 30.5 Å². The topological polar surface area (TPSA) is 48.4 Å². The molecule has 4 nitrogen and oxygen atoms in total. The van der Waals surface area contributed by atoms with E-state index in [1.54, 1.807) is 11.8 Å². The van der Waals surface area contributed by atoms with Crippen molar-refractivity contribution >= 4 is 40.2 Å². The number of benzene rings is 2. The Kier molecular flexibility index (Phi) is 6.13. The lowest BCUT2D eigenvalue weighted by Crippen LogP contribution is -2.07. The molecule has 0 amide bonds. The summed E-state index contributed by atoms with van der Waals surface area (Å²) in [4.78, 5) is 17.6. The van der Waals surface area contributed by atoms with E-state index in [0.29, 0.717) is 5.56 Å². The van der Waals surface area contributed by atoms with Crippen molar-refractivity contribution in [3.63, 3.8) is 0 Å². The molecule has 0 N–H and O–H groups in total. The van der Waals surface area contributed by atoms with Crippen LogP contribution < -0.4 is 4.74 Å². The maximum Gasteiger partial charge on any atom is 0.387 e. The Hall–Kier alpha value is -2.38. The quantitative estimate of drug-likeness (QED) is 0.302. The predicted molar refractivity (Wildman–Crippen MR) is 101 cm³/mol. The molecule has 1 aromatic heterocycles. The number of rotatable bonds is 6. The fourth-order valence-electron chi connectivity index (χ4n) is 2.39. The summed E-state index contributed by atoms with van der Waals surface area (Å²) >= 11 is 7.81. The van der Waals surface area contributed by atoms with Crippen molar-refractivity contribution in [2.75, 3.05) is 6.26 Å².